The number of halogens is 1. The molecule has 0 unspecified atom stereocenters. The number of rotatable bonds is 5. The molecule has 0 radical (unpaired) electrons. The number of furan rings is 1. The lowest BCUT2D eigenvalue weighted by Gasteiger charge is -2.36. The van der Waals surface area contributed by atoms with Crippen LogP contribution in [-0.4, -0.2) is 66.8 Å². The molecule has 2 amide bonds. The number of aliphatic imine (C=N–C) groups is 1. The molecule has 1 aliphatic heterocycles. The highest BCUT2D eigenvalue weighted by Crippen LogP contribution is 2.10. The Kier molecular flexibility index (Phi) is 6.83. The van der Waals surface area contributed by atoms with Crippen molar-refractivity contribution in [1.82, 2.24) is 15.1 Å². The Labute approximate surface area is 168 Å². The van der Waals surface area contributed by atoms with E-state index in [0.717, 1.165) is 0 Å². The van der Waals surface area contributed by atoms with Crippen LogP contribution < -0.4 is 10.6 Å². The molecule has 29 heavy (non-hydrogen) atoms. The normalized spacial score (nSPS) is 14.6. The maximum absolute atomic E-state index is 13.2. The zero-order valence-corrected chi connectivity index (χ0v) is 16.2. The fraction of sp³-hybridized carbons (Fsp3) is 0.350. The molecule has 0 aliphatic carbocycles. The van der Waals surface area contributed by atoms with E-state index in [9.17, 15) is 14.0 Å². The SMILES string of the molecule is CCNC(=NCC(=O)Nc1cccc(F)c1)N1CCN(C(=O)c2ccco2)CC1. The van der Waals surface area contributed by atoms with Crippen LogP contribution in [0.15, 0.2) is 52.1 Å². The van der Waals surface area contributed by atoms with Crippen LogP contribution in [0.25, 0.3) is 0 Å². The highest BCUT2D eigenvalue weighted by Gasteiger charge is 2.25. The van der Waals surface area contributed by atoms with Gasteiger partial charge in [0.25, 0.3) is 5.91 Å². The first-order chi connectivity index (χ1) is 14.1. The third kappa shape index (κ3) is 5.56. The van der Waals surface area contributed by atoms with Gasteiger partial charge in [-0.2, -0.15) is 0 Å². The number of carbonyl (C=O) groups is 2. The summed E-state index contributed by atoms with van der Waals surface area (Å²) in [6.45, 7) is 4.73. The van der Waals surface area contributed by atoms with Gasteiger partial charge in [0.1, 0.15) is 12.4 Å². The predicted molar refractivity (Wildman–Crippen MR) is 107 cm³/mol. The third-order valence-electron chi connectivity index (χ3n) is 4.41. The first-order valence-corrected chi connectivity index (χ1v) is 9.48. The first kappa shape index (κ1) is 20.4. The van der Waals surface area contributed by atoms with Crippen LogP contribution in [0.1, 0.15) is 17.5 Å². The average Bonchev–Trinajstić information content (AvgIpc) is 3.25. The Morgan fingerprint density at radius 3 is 2.55 bits per heavy atom. The largest absolute Gasteiger partial charge is 0.459 e. The van der Waals surface area contributed by atoms with Crippen molar-refractivity contribution in [3.63, 3.8) is 0 Å². The van der Waals surface area contributed by atoms with E-state index in [1.54, 1.807) is 23.1 Å². The summed E-state index contributed by atoms with van der Waals surface area (Å²) >= 11 is 0. The van der Waals surface area contributed by atoms with Gasteiger partial charge in [0, 0.05) is 38.4 Å². The van der Waals surface area contributed by atoms with Gasteiger partial charge in [-0.15, -0.1) is 0 Å². The second-order valence-electron chi connectivity index (χ2n) is 6.49. The van der Waals surface area contributed by atoms with Gasteiger partial charge in [-0.05, 0) is 37.3 Å². The minimum atomic E-state index is -0.415. The van der Waals surface area contributed by atoms with E-state index in [1.165, 1.54) is 24.5 Å². The van der Waals surface area contributed by atoms with Crippen molar-refractivity contribution in [3.8, 4) is 0 Å². The predicted octanol–water partition coefficient (Wildman–Crippen LogP) is 1.78. The van der Waals surface area contributed by atoms with Crippen molar-refractivity contribution < 1.29 is 18.4 Å². The van der Waals surface area contributed by atoms with Gasteiger partial charge in [0.05, 0.1) is 6.26 Å². The first-order valence-electron chi connectivity index (χ1n) is 9.48. The Bertz CT molecular complexity index is 861. The van der Waals surface area contributed by atoms with E-state index in [2.05, 4.69) is 15.6 Å². The van der Waals surface area contributed by atoms with Crippen LogP contribution in [-0.2, 0) is 4.79 Å². The van der Waals surface area contributed by atoms with E-state index in [-0.39, 0.29) is 18.4 Å². The summed E-state index contributed by atoms with van der Waals surface area (Å²) in [5.74, 6) is 0.0466. The molecule has 154 valence electrons. The van der Waals surface area contributed by atoms with E-state index in [0.29, 0.717) is 50.1 Å². The van der Waals surface area contributed by atoms with Gasteiger partial charge in [0.2, 0.25) is 5.91 Å². The summed E-state index contributed by atoms with van der Waals surface area (Å²) in [4.78, 5) is 32.6. The standard InChI is InChI=1S/C20H24FN5O3/c1-2-22-20(23-14-18(27)24-16-6-3-5-15(21)13-16)26-10-8-25(9-11-26)19(28)17-7-4-12-29-17/h3-7,12-13H,2,8-11,14H2,1H3,(H,22,23)(H,24,27). The summed E-state index contributed by atoms with van der Waals surface area (Å²) in [5.41, 5.74) is 0.389. The molecule has 2 N–H and O–H groups in total. The van der Waals surface area contributed by atoms with Crippen LogP contribution in [0.3, 0.4) is 0 Å². The fourth-order valence-corrected chi connectivity index (χ4v) is 3.02. The number of benzene rings is 1. The van der Waals surface area contributed by atoms with Crippen molar-refractivity contribution in [3.05, 3.63) is 54.2 Å². The van der Waals surface area contributed by atoms with Crippen LogP contribution in [0, 0.1) is 5.82 Å². The molecule has 2 heterocycles. The Hall–Kier alpha value is -3.36. The molecule has 1 aromatic heterocycles. The topological polar surface area (TPSA) is 90.2 Å². The average molecular weight is 401 g/mol. The van der Waals surface area contributed by atoms with Crippen molar-refractivity contribution in [2.45, 2.75) is 6.92 Å². The van der Waals surface area contributed by atoms with Crippen molar-refractivity contribution in [2.24, 2.45) is 4.99 Å². The molecule has 0 saturated carbocycles. The van der Waals surface area contributed by atoms with Crippen molar-refractivity contribution >= 4 is 23.5 Å². The zero-order chi connectivity index (χ0) is 20.6. The summed E-state index contributed by atoms with van der Waals surface area (Å²) in [6.07, 6.45) is 1.48. The summed E-state index contributed by atoms with van der Waals surface area (Å²) in [6, 6.07) is 9.05. The minimum Gasteiger partial charge on any atom is -0.459 e. The van der Waals surface area contributed by atoms with E-state index in [1.807, 2.05) is 11.8 Å². The molecule has 8 nitrogen and oxygen atoms in total. The van der Waals surface area contributed by atoms with Gasteiger partial charge in [-0.25, -0.2) is 9.38 Å². The van der Waals surface area contributed by atoms with Gasteiger partial charge < -0.3 is 24.9 Å². The Balaban J connectivity index is 1.55. The molecule has 2 aromatic rings. The van der Waals surface area contributed by atoms with Gasteiger partial charge in [-0.1, -0.05) is 6.07 Å². The minimum absolute atomic E-state index is 0.0929. The second kappa shape index (κ2) is 9.72. The maximum atomic E-state index is 13.2. The molecule has 9 heteroatoms. The van der Waals surface area contributed by atoms with Crippen LogP contribution in [0.5, 0.6) is 0 Å². The molecule has 0 bridgehead atoms. The molecule has 0 spiro atoms. The number of guanidine groups is 1. The summed E-state index contributed by atoms with van der Waals surface area (Å²) < 4.78 is 18.4. The molecular formula is C20H24FN5O3. The third-order valence-corrected chi connectivity index (χ3v) is 4.41. The van der Waals surface area contributed by atoms with Gasteiger partial charge >= 0.3 is 0 Å². The van der Waals surface area contributed by atoms with E-state index < -0.39 is 5.82 Å². The van der Waals surface area contributed by atoms with Crippen molar-refractivity contribution in [2.75, 3.05) is 44.6 Å². The molecule has 3 rings (SSSR count). The van der Waals surface area contributed by atoms with E-state index >= 15 is 0 Å². The zero-order valence-electron chi connectivity index (χ0n) is 16.2. The van der Waals surface area contributed by atoms with E-state index in [4.69, 9.17) is 4.42 Å². The molecule has 1 fully saturated rings. The highest BCUT2D eigenvalue weighted by atomic mass is 19.1. The lowest BCUT2D eigenvalue weighted by Crippen LogP contribution is -2.53. The number of anilines is 1. The molecule has 1 saturated heterocycles. The Morgan fingerprint density at radius 1 is 1.14 bits per heavy atom. The smallest absolute Gasteiger partial charge is 0.289 e. The monoisotopic (exact) mass is 401 g/mol. The number of amides is 2. The second-order valence-corrected chi connectivity index (χ2v) is 6.49. The maximum Gasteiger partial charge on any atom is 0.289 e. The van der Waals surface area contributed by atoms with Crippen LogP contribution >= 0.6 is 0 Å². The molecule has 1 aromatic carbocycles. The fourth-order valence-electron chi connectivity index (χ4n) is 3.02. The van der Waals surface area contributed by atoms with Crippen LogP contribution in [0.4, 0.5) is 10.1 Å². The molecule has 0 atom stereocenters. The molecule has 1 aliphatic rings. The summed E-state index contributed by atoms with van der Waals surface area (Å²) in [7, 11) is 0. The quantitative estimate of drug-likeness (QED) is 0.589. The van der Waals surface area contributed by atoms with Gasteiger partial charge in [0.15, 0.2) is 11.7 Å². The van der Waals surface area contributed by atoms with Crippen molar-refractivity contribution in [1.29, 1.82) is 0 Å². The molecular weight excluding hydrogens is 377 g/mol. The summed E-state index contributed by atoms with van der Waals surface area (Å²) in [5, 5.41) is 5.79. The number of hydrogen-bond acceptors (Lipinski definition) is 4. The number of nitrogens with one attached hydrogen (secondary N) is 2. The van der Waals surface area contributed by atoms with Crippen LogP contribution in [0.2, 0.25) is 0 Å². The number of carbonyl (C=O) groups excluding carboxylic acids is 2. The number of hydrogen-bond donors (Lipinski definition) is 2. The number of nitrogens with zero attached hydrogens (tertiary/aromatic N) is 3. The lowest BCUT2D eigenvalue weighted by atomic mass is 10.3. The Morgan fingerprint density at radius 2 is 1.90 bits per heavy atom. The highest BCUT2D eigenvalue weighted by molar-refractivity contribution is 5.94. The van der Waals surface area contributed by atoms with Gasteiger partial charge in [-0.3, -0.25) is 9.59 Å². The number of piperazine rings is 1. The lowest BCUT2D eigenvalue weighted by molar-refractivity contribution is -0.114.